The van der Waals surface area contributed by atoms with Crippen molar-refractivity contribution in [3.05, 3.63) is 164 Å². The Morgan fingerprint density at radius 3 is 1.87 bits per heavy atom. The molecular weight excluding hydrogens is 1790 g/mol. The van der Waals surface area contributed by atoms with Gasteiger partial charge in [0.2, 0.25) is 65.6 Å². The molecule has 24 N–H and O–H groups in total. The standard InChI is InChI=1S/C92H110Cl2N12O28/c1-4-5-6-7-8-9-10-11-15-65(112)100-74-77(115)79(117)82(90(126)127-3)134-91(74)133-81-62-36-47-37-63(81)130-59-25-20-46(34-54(59)93)75(113)73-89(125)104-71(84(120)98-28-14-31-106(29-12-26-95)30-13-27-96)52-38-48(108)39-61(131-92-80(118)78(116)76(114)64(42-107)132-92)66(52)51-33-44(18-23-56(51)109)69(86(122)105-73)101-87(123)70(47)102-88(124)72-53-40-50(41-58(111)67(53)94)129-60-35-45(19-24-57(60)110)68(97-2)85(121)99-55(83(119)103-72)32-43-16-21-49(128-62)22-17-43/h16-25,33-41,55,64,68-80,82,91-92,97,107-111,113-118H,4-15,26-32,42,95-96H2,1-3H3,(H,98,120)(H,99,121)(H,100,112)(H,101,123)(H,102,124)(H,103,119)(H,104,125)(H,105,122)/t55-,64-,68+,69-,70-,71-,72+,73+,74-,75-,76-,77-,78+,79+,80+,82+,91-,92+/m1/s1. The molecule has 40 nitrogen and oxygen atoms in total. The van der Waals surface area contributed by atoms with Crippen LogP contribution in [0, 0.1) is 0 Å². The lowest BCUT2D eigenvalue weighted by atomic mass is 9.89. The highest BCUT2D eigenvalue weighted by Gasteiger charge is 2.52. The van der Waals surface area contributed by atoms with Gasteiger partial charge >= 0.3 is 5.97 Å². The Morgan fingerprint density at radius 2 is 1.18 bits per heavy atom. The Morgan fingerprint density at radius 1 is 0.545 bits per heavy atom. The fourth-order valence-corrected chi connectivity index (χ4v) is 17.2. The number of carbonyl (C=O) groups is 9. The van der Waals surface area contributed by atoms with Gasteiger partial charge in [0.05, 0.1) is 23.8 Å². The van der Waals surface area contributed by atoms with E-state index in [0.29, 0.717) is 64.0 Å². The number of hydrogen-bond donors (Lipinski definition) is 22. The van der Waals surface area contributed by atoms with Gasteiger partial charge in [-0.05, 0) is 172 Å². The molecule has 0 radical (unpaired) electrons. The number of esters is 1. The van der Waals surface area contributed by atoms with Crippen LogP contribution in [0.3, 0.4) is 0 Å². The number of aromatic hydroxyl groups is 4. The van der Waals surface area contributed by atoms with E-state index in [9.17, 15) is 70.6 Å². The van der Waals surface area contributed by atoms with Gasteiger partial charge in [-0.15, -0.1) is 0 Å². The van der Waals surface area contributed by atoms with Gasteiger partial charge in [0, 0.05) is 48.2 Å². The molecule has 0 saturated carbocycles. The molecule has 2 fully saturated rings. The van der Waals surface area contributed by atoms with Gasteiger partial charge in [0.1, 0.15) is 131 Å². The summed E-state index contributed by atoms with van der Waals surface area (Å²) in [7, 11) is 2.40. The number of fused-ring (bicyclic) bond motifs is 14. The number of halogens is 2. The number of rotatable bonds is 28. The summed E-state index contributed by atoms with van der Waals surface area (Å²) < 4.78 is 50.1. The lowest BCUT2D eigenvalue weighted by Crippen LogP contribution is -2.66. The summed E-state index contributed by atoms with van der Waals surface area (Å²) in [6.07, 6.45) is -13.0. The number of nitrogens with two attached hydrogens (primary N) is 2. The molecule has 42 heteroatoms. The van der Waals surface area contributed by atoms with E-state index < -0.39 is 271 Å². The number of benzene rings is 7. The smallest absolute Gasteiger partial charge is 0.337 e. The van der Waals surface area contributed by atoms with Crippen LogP contribution < -0.4 is 83.0 Å². The average Bonchev–Trinajstić information content (AvgIpc) is 0.783. The SMILES string of the molecule is CCCCCCCCCCC(=O)N[C@H]1[C@H](Oc2c3cc4cc2Oc2ccc(cc2Cl)[C@@H](O)[C@@H]2NC(=O)[C@H](NC(=O)[C@@H]4NC(=O)[C@H]4NC(=O)[C@@H](Cc5ccc(cc5)O3)NC(=O)[C@@H](NC)c3ccc(O)c(c3)Oc3cc(O)c(Cl)c4c3)c3ccc(O)c(c3)-c3c(O[C@H]4O[C@H](CO)[C@@H](O)[C@H](O)[C@@H]4O)cc(O)cc3[C@H](C(=O)NCCCN(CCCN)CCCN)NC2=O)O[C@H](C(=O)OC)[C@@H](O)[C@@H]1O. The second-order valence-corrected chi connectivity index (χ2v) is 34.2. The Bertz CT molecular complexity index is 5440. The van der Waals surface area contributed by atoms with Crippen LogP contribution in [0.5, 0.6) is 69.0 Å². The van der Waals surface area contributed by atoms with Crippen LogP contribution in [-0.4, -0.2) is 248 Å². The van der Waals surface area contributed by atoms with Gasteiger partial charge in [-0.1, -0.05) is 105 Å². The number of amides is 8. The minimum atomic E-state index is -2.45. The molecule has 0 unspecified atom stereocenters. The van der Waals surface area contributed by atoms with E-state index in [-0.39, 0.29) is 47.8 Å². The number of aliphatic hydroxyl groups is 7. The van der Waals surface area contributed by atoms with Crippen molar-refractivity contribution in [2.24, 2.45) is 11.5 Å². The molecule has 0 aliphatic carbocycles. The maximum Gasteiger partial charge on any atom is 0.337 e. The molecule has 8 aliphatic heterocycles. The van der Waals surface area contributed by atoms with E-state index in [1.807, 2.05) is 0 Å². The Balaban J connectivity index is 1.04. The first-order valence-electron chi connectivity index (χ1n) is 44.1. The van der Waals surface area contributed by atoms with Crippen LogP contribution in [0.25, 0.3) is 11.1 Å². The predicted molar refractivity (Wildman–Crippen MR) is 477 cm³/mol. The molecule has 134 heavy (non-hydrogen) atoms. The lowest BCUT2D eigenvalue weighted by molar-refractivity contribution is -0.277. The molecule has 15 rings (SSSR count). The highest BCUT2D eigenvalue weighted by atomic mass is 35.5. The van der Waals surface area contributed by atoms with E-state index in [1.165, 1.54) is 55.6 Å². The van der Waals surface area contributed by atoms with Crippen molar-refractivity contribution in [2.45, 2.75) is 200 Å². The Hall–Kier alpha value is -12.0. The first-order valence-corrected chi connectivity index (χ1v) is 44.8. The zero-order chi connectivity index (χ0) is 96.0. The third-order valence-electron chi connectivity index (χ3n) is 24.0. The molecular formula is C92H110Cl2N12O28. The fraction of sp³-hybridized carbons (Fsp3) is 0.446. The molecule has 17 bridgehead atoms. The summed E-state index contributed by atoms with van der Waals surface area (Å²) in [6.45, 7) is 3.23. The van der Waals surface area contributed by atoms with Gasteiger partial charge < -0.3 is 158 Å². The quantitative estimate of drug-likeness (QED) is 0.0247. The Labute approximate surface area is 778 Å². The van der Waals surface area contributed by atoms with E-state index in [0.717, 1.165) is 112 Å². The second kappa shape index (κ2) is 44.9. The number of ether oxygens (including phenoxy) is 8. The van der Waals surface area contributed by atoms with Gasteiger partial charge in [-0.2, -0.15) is 0 Å². The average molecular weight is 1900 g/mol. The molecule has 8 aliphatic rings. The number of unbranched alkanes of at least 4 members (excludes halogenated alkanes) is 7. The normalized spacial score (nSPS) is 25.2. The van der Waals surface area contributed by atoms with Crippen LogP contribution in [0.2, 0.25) is 10.0 Å². The predicted octanol–water partition coefficient (Wildman–Crippen LogP) is 3.45. The molecule has 7 aromatic rings. The summed E-state index contributed by atoms with van der Waals surface area (Å²) in [6, 6.07) is 5.95. The molecule has 8 heterocycles. The van der Waals surface area contributed by atoms with Crippen LogP contribution in [0.15, 0.2) is 115 Å². The second-order valence-electron chi connectivity index (χ2n) is 33.4. The first-order chi connectivity index (χ1) is 64.3. The zero-order valence-electron chi connectivity index (χ0n) is 73.2. The molecule has 0 spiro atoms. The minimum Gasteiger partial charge on any atom is -0.508 e. The number of aliphatic hydroxyl groups excluding tert-OH is 7. The number of phenols is 4. The van der Waals surface area contributed by atoms with Crippen molar-refractivity contribution < 1.29 is 137 Å². The number of phenolic OH excluding ortho intramolecular Hbond substituents is 4. The summed E-state index contributed by atoms with van der Waals surface area (Å²) in [5, 5.41) is 152. The van der Waals surface area contributed by atoms with Crippen molar-refractivity contribution in [3.63, 3.8) is 0 Å². The summed E-state index contributed by atoms with van der Waals surface area (Å²) >= 11 is 14.4. The monoisotopic (exact) mass is 1900 g/mol. The van der Waals surface area contributed by atoms with Crippen molar-refractivity contribution in [2.75, 3.05) is 60.0 Å². The molecule has 2 saturated heterocycles. The topological polar surface area (TPSA) is 614 Å². The van der Waals surface area contributed by atoms with Crippen molar-refractivity contribution in [1.82, 2.24) is 52.8 Å². The van der Waals surface area contributed by atoms with Crippen LogP contribution >= 0.6 is 23.2 Å². The molecule has 7 aromatic carbocycles. The number of nitrogens with one attached hydrogen (secondary N) is 9. The first kappa shape index (κ1) is 99.5. The van der Waals surface area contributed by atoms with Crippen molar-refractivity contribution in [3.8, 4) is 80.1 Å². The van der Waals surface area contributed by atoms with Crippen LogP contribution in [0.1, 0.15) is 159 Å². The third-order valence-corrected chi connectivity index (χ3v) is 24.7. The number of hydrogen-bond acceptors (Lipinski definition) is 32. The van der Waals surface area contributed by atoms with Gasteiger partial charge in [0.15, 0.2) is 29.1 Å². The summed E-state index contributed by atoms with van der Waals surface area (Å²) in [4.78, 5) is 142. The van der Waals surface area contributed by atoms with Gasteiger partial charge in [-0.25, -0.2) is 4.79 Å². The lowest BCUT2D eigenvalue weighted by Gasteiger charge is -2.41. The van der Waals surface area contributed by atoms with Crippen molar-refractivity contribution in [1.29, 1.82) is 0 Å². The summed E-state index contributed by atoms with van der Waals surface area (Å²) in [5.41, 5.74) is 9.12. The van der Waals surface area contributed by atoms with E-state index >= 15 is 28.8 Å². The highest BCUT2D eigenvalue weighted by molar-refractivity contribution is 6.33. The van der Waals surface area contributed by atoms with Crippen molar-refractivity contribution >= 4 is 76.4 Å². The molecule has 720 valence electrons. The zero-order valence-corrected chi connectivity index (χ0v) is 74.7. The highest BCUT2D eigenvalue weighted by Crippen LogP contribution is 2.51. The molecule has 18 atom stereocenters. The van der Waals surface area contributed by atoms with E-state index in [2.05, 4.69) is 59.7 Å². The van der Waals surface area contributed by atoms with E-state index in [1.54, 1.807) is 0 Å². The third kappa shape index (κ3) is 23.0. The van der Waals surface area contributed by atoms with Gasteiger partial charge in [0.25, 0.3) is 0 Å². The number of likely N-dealkylation sites (N-methyl/N-ethyl adjacent to an activating group) is 1. The number of methoxy groups -OCH3 is 1. The van der Waals surface area contributed by atoms with Crippen LogP contribution in [0.4, 0.5) is 0 Å². The largest absolute Gasteiger partial charge is 0.508 e. The maximum absolute atomic E-state index is 16.9. The maximum atomic E-state index is 16.9. The number of nitrogens with zero attached hydrogens (tertiary/aromatic N) is 1. The van der Waals surface area contributed by atoms with E-state index in [4.69, 9.17) is 72.6 Å². The molecule has 0 aromatic heterocycles. The number of carbonyl (C=O) groups excluding carboxylic acids is 9. The van der Waals surface area contributed by atoms with Crippen LogP contribution in [-0.2, 0) is 63.8 Å². The summed E-state index contributed by atoms with van der Waals surface area (Å²) in [5.74, 6) is -17.2. The molecule has 8 amide bonds. The minimum absolute atomic E-state index is 0.122. The Kier molecular flexibility index (Phi) is 33.4. The fourth-order valence-electron chi connectivity index (χ4n) is 16.8. The van der Waals surface area contributed by atoms with Gasteiger partial charge in [-0.3, -0.25) is 38.4 Å².